The number of halogens is 2. The van der Waals surface area contributed by atoms with E-state index >= 15 is 0 Å². The first-order valence-corrected chi connectivity index (χ1v) is 21.3. The number of hydrogen-bond donors (Lipinski definition) is 0. The molecule has 5 aromatic rings. The molecule has 2 unspecified atom stereocenters. The molecular formula is C51H62Cl2N6. The number of aromatic nitrogens is 4. The highest BCUT2D eigenvalue weighted by atomic mass is 35.5. The SMILES string of the molecule is C.C.C=CC1=Cc2cccnc2C(C2CCN(C)CC2)c2ccc(Cl)cc21.Cc1ncn(CCC2=Cc3cccnc3C(C3CCN(C)CC3)c3ccc(Cl)cc32)c1C. The fourth-order valence-corrected chi connectivity index (χ4v) is 9.97. The monoisotopic (exact) mass is 828 g/mol. The van der Waals surface area contributed by atoms with E-state index in [2.05, 4.69) is 115 Å². The minimum absolute atomic E-state index is 0. The maximum Gasteiger partial charge on any atom is 0.0951 e. The lowest BCUT2D eigenvalue weighted by Gasteiger charge is -2.35. The quantitative estimate of drug-likeness (QED) is 0.171. The van der Waals surface area contributed by atoms with Crippen LogP contribution in [-0.4, -0.2) is 69.6 Å². The molecule has 2 aliphatic heterocycles. The van der Waals surface area contributed by atoms with E-state index in [9.17, 15) is 0 Å². The molecule has 0 radical (unpaired) electrons. The summed E-state index contributed by atoms with van der Waals surface area (Å²) < 4.78 is 2.25. The van der Waals surface area contributed by atoms with Crippen molar-refractivity contribution in [3.05, 3.63) is 158 Å². The Morgan fingerprint density at radius 2 is 1.20 bits per heavy atom. The Bertz CT molecular complexity index is 2310. The standard InChI is InChI=1S/C27H31ClN4.C22H23ClN2.2CH4/c1-18-19(2)32(17-30-18)14-10-21-15-22-5-4-11-29-27(22)26(20-8-12-31(3)13-9-20)24-7-6-23(28)16-25(21)24;1-3-15-13-17-5-4-10-24-22(17)21(16-8-11-25(2)12-9-16)19-7-6-18(23)14-20(15)19;;/h4-7,11,15-17,20,26H,8-10,12-14H2,1-3H3;3-7,10,13-14,16,21H,1,8-9,11-12H2,2H3;2*1H4. The van der Waals surface area contributed by atoms with Crippen molar-refractivity contribution in [1.29, 1.82) is 0 Å². The van der Waals surface area contributed by atoms with E-state index in [1.807, 2.05) is 36.9 Å². The highest BCUT2D eigenvalue weighted by Crippen LogP contribution is 2.47. The van der Waals surface area contributed by atoms with Gasteiger partial charge in [-0.15, -0.1) is 0 Å². The highest BCUT2D eigenvalue weighted by molar-refractivity contribution is 6.31. The summed E-state index contributed by atoms with van der Waals surface area (Å²) in [6, 6.07) is 21.2. The summed E-state index contributed by atoms with van der Waals surface area (Å²) in [6.07, 6.45) is 18.0. The maximum absolute atomic E-state index is 6.54. The van der Waals surface area contributed by atoms with Crippen LogP contribution in [0.25, 0.3) is 23.3 Å². The fourth-order valence-electron chi connectivity index (χ4n) is 9.62. The number of nitrogens with zero attached hydrogens (tertiary/aromatic N) is 6. The number of likely N-dealkylation sites (tertiary alicyclic amines) is 2. The molecule has 3 aromatic heterocycles. The van der Waals surface area contributed by atoms with Crippen LogP contribution in [-0.2, 0) is 6.54 Å². The van der Waals surface area contributed by atoms with Crippen molar-refractivity contribution in [2.75, 3.05) is 40.3 Å². The Morgan fingerprint density at radius 3 is 1.71 bits per heavy atom. The molecule has 2 aromatic carbocycles. The van der Waals surface area contributed by atoms with Gasteiger partial charge in [-0.05, 0) is 191 Å². The Balaban J connectivity index is 0.000000197. The minimum atomic E-state index is 0. The first-order chi connectivity index (χ1) is 27.7. The fraction of sp³-hybridized carbons (Fsp3) is 0.392. The van der Waals surface area contributed by atoms with Crippen LogP contribution < -0.4 is 0 Å². The number of fused-ring (bicyclic) bond motifs is 4. The van der Waals surface area contributed by atoms with Crippen LogP contribution in [0.15, 0.2) is 92.0 Å². The van der Waals surface area contributed by atoms with Gasteiger partial charge in [0.15, 0.2) is 0 Å². The average Bonchev–Trinajstić information content (AvgIpc) is 3.38. The Kier molecular flexibility index (Phi) is 14.5. The van der Waals surface area contributed by atoms with Gasteiger partial charge in [0.25, 0.3) is 0 Å². The summed E-state index contributed by atoms with van der Waals surface area (Å²) in [5.41, 5.74) is 14.8. The number of allylic oxidation sites excluding steroid dienone is 3. The van der Waals surface area contributed by atoms with Crippen LogP contribution in [0.3, 0.4) is 0 Å². The zero-order valence-electron chi connectivity index (χ0n) is 33.8. The first-order valence-electron chi connectivity index (χ1n) is 20.6. The zero-order chi connectivity index (χ0) is 39.6. The summed E-state index contributed by atoms with van der Waals surface area (Å²) in [6.45, 7) is 13.7. The second-order valence-corrected chi connectivity index (χ2v) is 17.4. The van der Waals surface area contributed by atoms with Crippen molar-refractivity contribution in [1.82, 2.24) is 29.3 Å². The predicted octanol–water partition coefficient (Wildman–Crippen LogP) is 12.5. The lowest BCUT2D eigenvalue weighted by molar-refractivity contribution is 0.206. The van der Waals surface area contributed by atoms with E-state index in [4.69, 9.17) is 33.2 Å². The largest absolute Gasteiger partial charge is 0.334 e. The maximum atomic E-state index is 6.54. The van der Waals surface area contributed by atoms with Crippen LogP contribution in [0.4, 0.5) is 0 Å². The van der Waals surface area contributed by atoms with Crippen LogP contribution in [0, 0.1) is 25.7 Å². The molecule has 5 heterocycles. The summed E-state index contributed by atoms with van der Waals surface area (Å²) in [5, 5.41) is 1.57. The third-order valence-electron chi connectivity index (χ3n) is 13.0. The van der Waals surface area contributed by atoms with Gasteiger partial charge in [0.1, 0.15) is 0 Å². The molecule has 2 atom stereocenters. The van der Waals surface area contributed by atoms with Gasteiger partial charge in [-0.3, -0.25) is 9.97 Å². The average molecular weight is 830 g/mol. The molecule has 0 bridgehead atoms. The van der Waals surface area contributed by atoms with E-state index in [-0.39, 0.29) is 14.9 Å². The summed E-state index contributed by atoms with van der Waals surface area (Å²) in [4.78, 5) is 19.1. The third kappa shape index (κ3) is 9.37. The lowest BCUT2D eigenvalue weighted by Crippen LogP contribution is -2.33. The van der Waals surface area contributed by atoms with E-state index in [0.717, 1.165) is 60.5 Å². The van der Waals surface area contributed by atoms with Crippen molar-refractivity contribution in [2.24, 2.45) is 11.8 Å². The van der Waals surface area contributed by atoms with Gasteiger partial charge in [0.2, 0.25) is 0 Å². The van der Waals surface area contributed by atoms with Gasteiger partial charge in [-0.2, -0.15) is 0 Å². The van der Waals surface area contributed by atoms with Gasteiger partial charge in [0, 0.05) is 46.5 Å². The number of piperidine rings is 2. The van der Waals surface area contributed by atoms with Gasteiger partial charge in [-0.25, -0.2) is 4.98 Å². The van der Waals surface area contributed by atoms with E-state index in [1.54, 1.807) is 0 Å². The van der Waals surface area contributed by atoms with Gasteiger partial charge >= 0.3 is 0 Å². The van der Waals surface area contributed by atoms with Gasteiger partial charge in [-0.1, -0.05) is 75.0 Å². The number of benzene rings is 2. The number of rotatable bonds is 6. The minimum Gasteiger partial charge on any atom is -0.334 e. The highest BCUT2D eigenvalue weighted by Gasteiger charge is 2.35. The molecule has 4 aliphatic rings. The Labute approximate surface area is 363 Å². The topological polar surface area (TPSA) is 50.1 Å². The van der Waals surface area contributed by atoms with Crippen LogP contribution >= 0.6 is 23.2 Å². The molecular weight excluding hydrogens is 768 g/mol. The van der Waals surface area contributed by atoms with Crippen molar-refractivity contribution < 1.29 is 0 Å². The van der Waals surface area contributed by atoms with Crippen molar-refractivity contribution in [2.45, 2.75) is 79.2 Å². The van der Waals surface area contributed by atoms with Crippen molar-refractivity contribution >= 4 is 46.5 Å². The first kappa shape index (κ1) is 44.2. The molecule has 0 saturated carbocycles. The molecule has 6 nitrogen and oxygen atoms in total. The molecule has 0 amide bonds. The molecule has 9 rings (SSSR count). The van der Waals surface area contributed by atoms with Crippen molar-refractivity contribution in [3.63, 3.8) is 0 Å². The molecule has 310 valence electrons. The molecule has 59 heavy (non-hydrogen) atoms. The molecule has 2 fully saturated rings. The number of pyridine rings is 2. The number of hydrogen-bond acceptors (Lipinski definition) is 5. The molecule has 0 N–H and O–H groups in total. The predicted molar refractivity (Wildman–Crippen MR) is 251 cm³/mol. The van der Waals surface area contributed by atoms with Crippen LogP contribution in [0.5, 0.6) is 0 Å². The third-order valence-corrected chi connectivity index (χ3v) is 13.5. The second kappa shape index (κ2) is 19.4. The number of imidazole rings is 1. The van der Waals surface area contributed by atoms with E-state index < -0.39 is 0 Å². The van der Waals surface area contributed by atoms with E-state index in [1.165, 1.54) is 81.7 Å². The zero-order valence-corrected chi connectivity index (χ0v) is 35.3. The van der Waals surface area contributed by atoms with Gasteiger partial charge in [0.05, 0.1) is 23.4 Å². The molecule has 2 aliphatic carbocycles. The molecule has 0 spiro atoms. The normalized spacial score (nSPS) is 19.4. The second-order valence-electron chi connectivity index (χ2n) is 16.5. The lowest BCUT2D eigenvalue weighted by atomic mass is 9.76. The summed E-state index contributed by atoms with van der Waals surface area (Å²) in [7, 11) is 4.43. The number of aryl methyl sites for hydroxylation is 2. The smallest absolute Gasteiger partial charge is 0.0951 e. The van der Waals surface area contributed by atoms with Crippen molar-refractivity contribution in [3.8, 4) is 0 Å². The summed E-state index contributed by atoms with van der Waals surface area (Å²) in [5.74, 6) is 1.80. The molecule has 8 heteroatoms. The summed E-state index contributed by atoms with van der Waals surface area (Å²) >= 11 is 12.9. The Hall–Kier alpha value is -4.33. The van der Waals surface area contributed by atoms with Gasteiger partial charge < -0.3 is 14.4 Å². The van der Waals surface area contributed by atoms with E-state index in [0.29, 0.717) is 23.7 Å². The van der Waals surface area contributed by atoms with Crippen LogP contribution in [0.1, 0.15) is 115 Å². The molecule has 2 saturated heterocycles. The van der Waals surface area contributed by atoms with Crippen LogP contribution in [0.2, 0.25) is 10.0 Å². The Morgan fingerprint density at radius 1 is 0.695 bits per heavy atom.